The highest BCUT2D eigenvalue weighted by Gasteiger charge is 2.12. The number of carbonyl (C=O) groups is 1. The lowest BCUT2D eigenvalue weighted by atomic mass is 10.3. The molecule has 0 unspecified atom stereocenters. The summed E-state index contributed by atoms with van der Waals surface area (Å²) in [7, 11) is 0. The van der Waals surface area contributed by atoms with Gasteiger partial charge in [0.15, 0.2) is 6.61 Å². The van der Waals surface area contributed by atoms with E-state index < -0.39 is 4.92 Å². The first-order valence-corrected chi connectivity index (χ1v) is 7.14. The minimum Gasteiger partial charge on any atom is -0.484 e. The van der Waals surface area contributed by atoms with E-state index in [1.54, 1.807) is 17.4 Å². The molecule has 1 N–H and O–H groups in total. The minimum atomic E-state index is -0.508. The number of hydrogen-bond acceptors (Lipinski definition) is 5. The first-order chi connectivity index (χ1) is 10.1. The van der Waals surface area contributed by atoms with Crippen LogP contribution in [0.5, 0.6) is 5.75 Å². The average molecular weight is 306 g/mol. The van der Waals surface area contributed by atoms with E-state index in [1.165, 1.54) is 18.2 Å². The summed E-state index contributed by atoms with van der Waals surface area (Å²) in [5, 5.41) is 15.4. The highest BCUT2D eigenvalue weighted by Crippen LogP contribution is 2.20. The van der Waals surface area contributed by atoms with Crippen molar-refractivity contribution in [2.45, 2.75) is 13.0 Å². The molecule has 1 amide bonds. The predicted molar refractivity (Wildman–Crippen MR) is 79.5 cm³/mol. The number of rotatable bonds is 6. The summed E-state index contributed by atoms with van der Waals surface area (Å²) >= 11 is 1.56. The first kappa shape index (κ1) is 15.0. The van der Waals surface area contributed by atoms with Crippen LogP contribution in [-0.2, 0) is 4.79 Å². The Labute approximate surface area is 125 Å². The van der Waals surface area contributed by atoms with Crippen molar-refractivity contribution in [1.29, 1.82) is 0 Å². The number of hydrogen-bond donors (Lipinski definition) is 1. The summed E-state index contributed by atoms with van der Waals surface area (Å²) in [5.74, 6) is 0.0190. The van der Waals surface area contributed by atoms with Gasteiger partial charge in [-0.15, -0.1) is 11.3 Å². The molecule has 0 aliphatic rings. The van der Waals surface area contributed by atoms with E-state index in [-0.39, 0.29) is 24.2 Å². The van der Waals surface area contributed by atoms with Crippen LogP contribution < -0.4 is 10.1 Å². The number of amides is 1. The molecule has 1 aromatic carbocycles. The molecular formula is C14H14N2O4S. The van der Waals surface area contributed by atoms with E-state index in [4.69, 9.17) is 4.74 Å². The molecule has 2 aromatic rings. The molecule has 0 fully saturated rings. The highest BCUT2D eigenvalue weighted by molar-refractivity contribution is 7.10. The second-order valence-corrected chi connectivity index (χ2v) is 5.33. The average Bonchev–Trinajstić information content (AvgIpc) is 2.99. The number of carbonyl (C=O) groups excluding carboxylic acids is 1. The number of ether oxygens (including phenoxy) is 1. The molecule has 0 radical (unpaired) electrons. The smallest absolute Gasteiger partial charge is 0.273 e. The van der Waals surface area contributed by atoms with Crippen LogP contribution in [0.3, 0.4) is 0 Å². The predicted octanol–water partition coefficient (Wildman–Crippen LogP) is 2.91. The Balaban J connectivity index is 1.86. The fourth-order valence-electron chi connectivity index (χ4n) is 1.73. The van der Waals surface area contributed by atoms with Gasteiger partial charge in [0.25, 0.3) is 11.6 Å². The minimum absolute atomic E-state index is 0.0696. The normalized spacial score (nSPS) is 11.7. The maximum absolute atomic E-state index is 11.8. The van der Waals surface area contributed by atoms with Gasteiger partial charge in [-0.3, -0.25) is 14.9 Å². The Kier molecular flexibility index (Phi) is 4.89. The van der Waals surface area contributed by atoms with E-state index in [0.29, 0.717) is 5.75 Å². The van der Waals surface area contributed by atoms with E-state index in [9.17, 15) is 14.9 Å². The van der Waals surface area contributed by atoms with Crippen LogP contribution in [0.25, 0.3) is 0 Å². The third-order valence-electron chi connectivity index (χ3n) is 2.75. The van der Waals surface area contributed by atoms with Crippen LogP contribution in [0.2, 0.25) is 0 Å². The summed E-state index contributed by atoms with van der Waals surface area (Å²) in [4.78, 5) is 23.0. The van der Waals surface area contributed by atoms with Gasteiger partial charge in [0.05, 0.1) is 17.0 Å². The van der Waals surface area contributed by atoms with Crippen LogP contribution in [0.15, 0.2) is 41.8 Å². The molecule has 110 valence electrons. The molecule has 0 saturated carbocycles. The van der Waals surface area contributed by atoms with Crippen molar-refractivity contribution in [2.75, 3.05) is 6.61 Å². The zero-order valence-corrected chi connectivity index (χ0v) is 12.1. The monoisotopic (exact) mass is 306 g/mol. The van der Waals surface area contributed by atoms with E-state index in [2.05, 4.69) is 5.32 Å². The fraction of sp³-hybridized carbons (Fsp3) is 0.214. The van der Waals surface area contributed by atoms with Crippen molar-refractivity contribution in [3.8, 4) is 5.75 Å². The van der Waals surface area contributed by atoms with E-state index >= 15 is 0 Å². The van der Waals surface area contributed by atoms with Gasteiger partial charge in [0, 0.05) is 10.9 Å². The zero-order valence-electron chi connectivity index (χ0n) is 11.3. The highest BCUT2D eigenvalue weighted by atomic mass is 32.1. The molecule has 0 aliphatic carbocycles. The first-order valence-electron chi connectivity index (χ1n) is 6.26. The number of benzene rings is 1. The molecule has 0 spiro atoms. The zero-order chi connectivity index (χ0) is 15.2. The standard InChI is InChI=1S/C14H14N2O4S/c1-10(13-6-3-7-21-13)15-14(17)9-20-12-5-2-4-11(8-12)16(18)19/h2-8,10H,9H2,1H3,(H,15,17)/t10-/m1/s1. The largest absolute Gasteiger partial charge is 0.484 e. The van der Waals surface area contributed by atoms with Gasteiger partial charge >= 0.3 is 0 Å². The van der Waals surface area contributed by atoms with Gasteiger partial charge in [-0.25, -0.2) is 0 Å². The molecule has 7 heteroatoms. The fourth-order valence-corrected chi connectivity index (χ4v) is 2.46. The van der Waals surface area contributed by atoms with Crippen molar-refractivity contribution in [3.05, 3.63) is 56.8 Å². The van der Waals surface area contributed by atoms with Gasteiger partial charge in [0.2, 0.25) is 0 Å². The molecule has 1 aromatic heterocycles. The number of nitrogens with one attached hydrogen (secondary N) is 1. The van der Waals surface area contributed by atoms with Crippen LogP contribution in [-0.4, -0.2) is 17.4 Å². The van der Waals surface area contributed by atoms with Crippen LogP contribution >= 0.6 is 11.3 Å². The van der Waals surface area contributed by atoms with Crippen molar-refractivity contribution in [2.24, 2.45) is 0 Å². The number of non-ortho nitro benzene ring substituents is 1. The summed E-state index contributed by atoms with van der Waals surface area (Å²) in [5.41, 5.74) is -0.0696. The van der Waals surface area contributed by atoms with Crippen molar-refractivity contribution in [1.82, 2.24) is 5.32 Å². The van der Waals surface area contributed by atoms with E-state index in [0.717, 1.165) is 4.88 Å². The summed E-state index contributed by atoms with van der Waals surface area (Å²) in [6, 6.07) is 9.51. The van der Waals surface area contributed by atoms with Crippen LogP contribution in [0, 0.1) is 10.1 Å². The number of thiophene rings is 1. The topological polar surface area (TPSA) is 81.5 Å². The number of nitro groups is 1. The lowest BCUT2D eigenvalue weighted by molar-refractivity contribution is -0.384. The molecule has 0 aliphatic heterocycles. The van der Waals surface area contributed by atoms with E-state index in [1.807, 2.05) is 24.4 Å². The van der Waals surface area contributed by atoms with Gasteiger partial charge < -0.3 is 10.1 Å². The van der Waals surface area contributed by atoms with Gasteiger partial charge in [-0.1, -0.05) is 12.1 Å². The molecule has 0 saturated heterocycles. The third-order valence-corrected chi connectivity index (χ3v) is 3.80. The summed E-state index contributed by atoms with van der Waals surface area (Å²) in [6.45, 7) is 1.70. The molecule has 0 bridgehead atoms. The molecular weight excluding hydrogens is 292 g/mol. The summed E-state index contributed by atoms with van der Waals surface area (Å²) in [6.07, 6.45) is 0. The Morgan fingerprint density at radius 3 is 2.90 bits per heavy atom. The van der Waals surface area contributed by atoms with Crippen molar-refractivity contribution in [3.63, 3.8) is 0 Å². The lowest BCUT2D eigenvalue weighted by Crippen LogP contribution is -2.30. The van der Waals surface area contributed by atoms with Crippen LogP contribution in [0.1, 0.15) is 17.8 Å². The quantitative estimate of drug-likeness (QED) is 0.657. The molecule has 21 heavy (non-hydrogen) atoms. The third kappa shape index (κ3) is 4.28. The Hall–Kier alpha value is -2.41. The van der Waals surface area contributed by atoms with Crippen molar-refractivity contribution >= 4 is 22.9 Å². The second-order valence-electron chi connectivity index (χ2n) is 4.35. The molecule has 1 heterocycles. The van der Waals surface area contributed by atoms with Gasteiger partial charge in [-0.2, -0.15) is 0 Å². The van der Waals surface area contributed by atoms with Crippen molar-refractivity contribution < 1.29 is 14.5 Å². The number of nitrogens with zero attached hydrogens (tertiary/aromatic N) is 1. The molecule has 2 rings (SSSR count). The second kappa shape index (κ2) is 6.85. The molecule has 6 nitrogen and oxygen atoms in total. The number of nitro benzene ring substituents is 1. The lowest BCUT2D eigenvalue weighted by Gasteiger charge is -2.12. The van der Waals surface area contributed by atoms with Gasteiger partial charge in [0.1, 0.15) is 5.75 Å². The molecule has 1 atom stereocenters. The van der Waals surface area contributed by atoms with Crippen LogP contribution in [0.4, 0.5) is 5.69 Å². The SMILES string of the molecule is C[C@@H](NC(=O)COc1cccc([N+](=O)[O-])c1)c1cccs1. The maximum atomic E-state index is 11.8. The maximum Gasteiger partial charge on any atom is 0.273 e. The Bertz CT molecular complexity index is 628. The Morgan fingerprint density at radius 2 is 2.24 bits per heavy atom. The Morgan fingerprint density at radius 1 is 1.43 bits per heavy atom. The van der Waals surface area contributed by atoms with Gasteiger partial charge in [-0.05, 0) is 24.4 Å². The summed E-state index contributed by atoms with van der Waals surface area (Å²) < 4.78 is 5.26.